The second-order valence-corrected chi connectivity index (χ2v) is 8.75. The Morgan fingerprint density at radius 1 is 1.10 bits per heavy atom. The molecule has 2 heterocycles. The lowest BCUT2D eigenvalue weighted by atomic mass is 10.0. The third-order valence-electron chi connectivity index (χ3n) is 5.62. The minimum absolute atomic E-state index is 0.120. The standard InChI is InChI=1S/C24H25BrN2O3/c25-19-7-8-21-18(14-24(29)30-22(21)15-19)16-27-12-10-20(11-13-27)26-23(28)9-6-17-4-2-1-3-5-17/h1-5,7-8,14-15,20H,6,9-13,16H2,(H,26,28). The number of piperidine rings is 1. The zero-order chi connectivity index (χ0) is 20.9. The van der Waals surface area contributed by atoms with Crippen LogP contribution < -0.4 is 10.9 Å². The van der Waals surface area contributed by atoms with E-state index in [2.05, 4.69) is 38.3 Å². The number of hydrogen-bond acceptors (Lipinski definition) is 4. The average Bonchev–Trinajstić information content (AvgIpc) is 2.74. The number of carbonyl (C=O) groups is 1. The Bertz CT molecular complexity index is 1070. The van der Waals surface area contributed by atoms with Crippen LogP contribution in [0.15, 0.2) is 68.3 Å². The first-order chi connectivity index (χ1) is 14.6. The summed E-state index contributed by atoms with van der Waals surface area (Å²) in [4.78, 5) is 26.6. The number of likely N-dealkylation sites (tertiary alicyclic amines) is 1. The van der Waals surface area contributed by atoms with E-state index in [4.69, 9.17) is 4.42 Å². The maximum absolute atomic E-state index is 12.3. The van der Waals surface area contributed by atoms with Gasteiger partial charge in [0, 0.05) is 48.0 Å². The van der Waals surface area contributed by atoms with E-state index in [1.165, 1.54) is 5.56 Å². The van der Waals surface area contributed by atoms with Gasteiger partial charge < -0.3 is 9.73 Å². The summed E-state index contributed by atoms with van der Waals surface area (Å²) in [5.74, 6) is 0.120. The lowest BCUT2D eigenvalue weighted by Crippen LogP contribution is -2.44. The molecule has 0 atom stereocenters. The van der Waals surface area contributed by atoms with Crippen molar-refractivity contribution in [2.45, 2.75) is 38.3 Å². The van der Waals surface area contributed by atoms with Crippen molar-refractivity contribution in [1.82, 2.24) is 10.2 Å². The van der Waals surface area contributed by atoms with Crippen LogP contribution in [0.1, 0.15) is 30.4 Å². The van der Waals surface area contributed by atoms with Gasteiger partial charge in [0.15, 0.2) is 0 Å². The molecule has 1 saturated heterocycles. The van der Waals surface area contributed by atoms with E-state index in [0.717, 1.165) is 47.8 Å². The number of fused-ring (bicyclic) bond motifs is 1. The Morgan fingerprint density at radius 2 is 1.87 bits per heavy atom. The number of aryl methyl sites for hydroxylation is 1. The summed E-state index contributed by atoms with van der Waals surface area (Å²) in [6, 6.07) is 17.7. The molecule has 1 N–H and O–H groups in total. The van der Waals surface area contributed by atoms with Gasteiger partial charge in [-0.1, -0.05) is 46.3 Å². The summed E-state index contributed by atoms with van der Waals surface area (Å²) in [6.07, 6.45) is 3.13. The molecule has 4 rings (SSSR count). The molecule has 0 spiro atoms. The van der Waals surface area contributed by atoms with Crippen molar-refractivity contribution in [3.8, 4) is 0 Å². The second-order valence-electron chi connectivity index (χ2n) is 7.83. The number of hydrogen-bond donors (Lipinski definition) is 1. The SMILES string of the molecule is O=C(CCc1ccccc1)NC1CCN(Cc2cc(=O)oc3cc(Br)ccc23)CC1. The van der Waals surface area contributed by atoms with E-state index >= 15 is 0 Å². The number of amides is 1. The molecule has 1 aliphatic heterocycles. The van der Waals surface area contributed by atoms with Gasteiger partial charge in [-0.3, -0.25) is 9.69 Å². The lowest BCUT2D eigenvalue weighted by Gasteiger charge is -2.32. The van der Waals surface area contributed by atoms with E-state index in [-0.39, 0.29) is 17.6 Å². The molecule has 3 aromatic rings. The number of nitrogens with one attached hydrogen (secondary N) is 1. The largest absolute Gasteiger partial charge is 0.423 e. The van der Waals surface area contributed by atoms with Crippen molar-refractivity contribution in [2.24, 2.45) is 0 Å². The maximum Gasteiger partial charge on any atom is 0.336 e. The summed E-state index contributed by atoms with van der Waals surface area (Å²) >= 11 is 3.42. The van der Waals surface area contributed by atoms with Gasteiger partial charge >= 0.3 is 5.63 Å². The molecule has 0 unspecified atom stereocenters. The molecule has 1 aromatic heterocycles. The van der Waals surface area contributed by atoms with E-state index in [9.17, 15) is 9.59 Å². The summed E-state index contributed by atoms with van der Waals surface area (Å²) in [5.41, 5.74) is 2.46. The fourth-order valence-corrected chi connectivity index (χ4v) is 4.35. The third-order valence-corrected chi connectivity index (χ3v) is 6.12. The molecule has 0 aliphatic carbocycles. The number of halogens is 1. The van der Waals surface area contributed by atoms with Gasteiger partial charge in [-0.05, 0) is 48.6 Å². The zero-order valence-corrected chi connectivity index (χ0v) is 18.4. The summed E-state index contributed by atoms with van der Waals surface area (Å²) in [6.45, 7) is 2.49. The first-order valence-electron chi connectivity index (χ1n) is 10.3. The van der Waals surface area contributed by atoms with Crippen molar-refractivity contribution < 1.29 is 9.21 Å². The van der Waals surface area contributed by atoms with E-state index in [1.54, 1.807) is 6.07 Å². The predicted octanol–water partition coefficient (Wildman–Crippen LogP) is 4.27. The highest BCUT2D eigenvalue weighted by molar-refractivity contribution is 9.10. The zero-order valence-electron chi connectivity index (χ0n) is 16.8. The molecule has 0 radical (unpaired) electrons. The van der Waals surface area contributed by atoms with E-state index in [1.807, 2.05) is 36.4 Å². The predicted molar refractivity (Wildman–Crippen MR) is 121 cm³/mol. The first kappa shape index (κ1) is 20.8. The van der Waals surface area contributed by atoms with Crippen LogP contribution in [0.3, 0.4) is 0 Å². The van der Waals surface area contributed by atoms with Gasteiger partial charge in [0.2, 0.25) is 5.91 Å². The van der Waals surface area contributed by atoms with Crippen LogP contribution in [0.2, 0.25) is 0 Å². The monoisotopic (exact) mass is 468 g/mol. The molecule has 1 fully saturated rings. The van der Waals surface area contributed by atoms with Crippen LogP contribution in [0.25, 0.3) is 11.0 Å². The Balaban J connectivity index is 1.29. The summed E-state index contributed by atoms with van der Waals surface area (Å²) in [7, 11) is 0. The molecule has 156 valence electrons. The Labute approximate surface area is 184 Å². The van der Waals surface area contributed by atoms with Crippen LogP contribution in [-0.2, 0) is 17.8 Å². The highest BCUT2D eigenvalue weighted by atomic mass is 79.9. The molecule has 30 heavy (non-hydrogen) atoms. The highest BCUT2D eigenvalue weighted by Crippen LogP contribution is 2.23. The van der Waals surface area contributed by atoms with Crippen LogP contribution in [-0.4, -0.2) is 29.9 Å². The van der Waals surface area contributed by atoms with Gasteiger partial charge in [0.25, 0.3) is 0 Å². The fourth-order valence-electron chi connectivity index (χ4n) is 4.01. The van der Waals surface area contributed by atoms with Gasteiger partial charge in [-0.25, -0.2) is 4.79 Å². The van der Waals surface area contributed by atoms with Crippen LogP contribution in [0.5, 0.6) is 0 Å². The van der Waals surface area contributed by atoms with E-state index in [0.29, 0.717) is 18.5 Å². The highest BCUT2D eigenvalue weighted by Gasteiger charge is 2.21. The van der Waals surface area contributed by atoms with E-state index < -0.39 is 0 Å². The normalized spacial score (nSPS) is 15.4. The minimum atomic E-state index is -0.323. The molecule has 6 heteroatoms. The molecule has 0 saturated carbocycles. The van der Waals surface area contributed by atoms with Gasteiger partial charge in [-0.15, -0.1) is 0 Å². The number of carbonyl (C=O) groups excluding carboxylic acids is 1. The summed E-state index contributed by atoms with van der Waals surface area (Å²) < 4.78 is 6.22. The smallest absolute Gasteiger partial charge is 0.336 e. The number of nitrogens with zero attached hydrogens (tertiary/aromatic N) is 1. The van der Waals surface area contributed by atoms with Crippen molar-refractivity contribution in [2.75, 3.05) is 13.1 Å². The van der Waals surface area contributed by atoms with Crippen molar-refractivity contribution >= 4 is 32.8 Å². The third kappa shape index (κ3) is 5.37. The fraction of sp³-hybridized carbons (Fsp3) is 0.333. The molecule has 1 amide bonds. The van der Waals surface area contributed by atoms with Gasteiger partial charge in [0.1, 0.15) is 5.58 Å². The topological polar surface area (TPSA) is 62.6 Å². The average molecular weight is 469 g/mol. The molecular formula is C24H25BrN2O3. The van der Waals surface area contributed by atoms with Gasteiger partial charge in [-0.2, -0.15) is 0 Å². The summed E-state index contributed by atoms with van der Waals surface area (Å²) in [5, 5.41) is 4.15. The van der Waals surface area contributed by atoms with Gasteiger partial charge in [0.05, 0.1) is 0 Å². The van der Waals surface area contributed by atoms with Crippen LogP contribution in [0.4, 0.5) is 0 Å². The Kier molecular flexibility index (Phi) is 6.65. The van der Waals surface area contributed by atoms with Crippen molar-refractivity contribution in [3.05, 3.63) is 80.6 Å². The molecular weight excluding hydrogens is 444 g/mol. The first-order valence-corrected chi connectivity index (χ1v) is 11.1. The number of benzene rings is 2. The Hall–Kier alpha value is -2.44. The Morgan fingerprint density at radius 3 is 2.63 bits per heavy atom. The van der Waals surface area contributed by atoms with Crippen LogP contribution >= 0.6 is 15.9 Å². The van der Waals surface area contributed by atoms with Crippen LogP contribution in [0, 0.1) is 0 Å². The second kappa shape index (κ2) is 9.58. The molecule has 1 aliphatic rings. The number of rotatable bonds is 6. The molecule has 0 bridgehead atoms. The minimum Gasteiger partial charge on any atom is -0.423 e. The maximum atomic E-state index is 12.3. The molecule has 2 aromatic carbocycles. The quantitative estimate of drug-likeness (QED) is 0.548. The lowest BCUT2D eigenvalue weighted by molar-refractivity contribution is -0.122. The van der Waals surface area contributed by atoms with Crippen molar-refractivity contribution in [1.29, 1.82) is 0 Å². The molecule has 5 nitrogen and oxygen atoms in total. The van der Waals surface area contributed by atoms with Crippen molar-refractivity contribution in [3.63, 3.8) is 0 Å².